The number of hydrogen-bond donors (Lipinski definition) is 0. The van der Waals surface area contributed by atoms with Crippen LogP contribution in [0.5, 0.6) is 0 Å². The van der Waals surface area contributed by atoms with Gasteiger partial charge in [-0.25, -0.2) is 9.79 Å². The van der Waals surface area contributed by atoms with Gasteiger partial charge in [-0.1, -0.05) is 54.2 Å². The van der Waals surface area contributed by atoms with E-state index in [1.165, 1.54) is 29.2 Å². The molecule has 9 heteroatoms. The number of esters is 1. The summed E-state index contributed by atoms with van der Waals surface area (Å²) in [6.45, 7) is 1.98. The lowest BCUT2D eigenvalue weighted by atomic mass is 10.0. The molecule has 7 nitrogen and oxygen atoms in total. The van der Waals surface area contributed by atoms with Crippen LogP contribution in [0.25, 0.3) is 11.1 Å². The lowest BCUT2D eigenvalue weighted by Gasteiger charge is -2.08. The van der Waals surface area contributed by atoms with E-state index in [2.05, 4.69) is 4.99 Å². The van der Waals surface area contributed by atoms with Crippen LogP contribution in [0.4, 0.5) is 10.7 Å². The molecule has 160 valence electrons. The molecule has 0 spiro atoms. The Morgan fingerprint density at radius 1 is 1.19 bits per heavy atom. The van der Waals surface area contributed by atoms with Crippen molar-refractivity contribution in [1.29, 1.82) is 0 Å². The summed E-state index contributed by atoms with van der Waals surface area (Å²) in [5.41, 5.74) is 1.85. The number of hydrogen-bond acceptors (Lipinski definition) is 7. The fourth-order valence-corrected chi connectivity index (χ4v) is 5.26. The fourth-order valence-electron chi connectivity index (χ4n) is 2.78. The van der Waals surface area contributed by atoms with Gasteiger partial charge in [-0.15, -0.1) is 11.3 Å². The first kappa shape index (κ1) is 22.5. The largest absolute Gasteiger partial charge is 0.462 e. The van der Waals surface area contributed by atoms with Crippen molar-refractivity contribution < 1.29 is 14.5 Å². The molecule has 3 aromatic rings. The number of aliphatic imine (C=N–C) groups is 1. The molecule has 0 fully saturated rings. The second kappa shape index (κ2) is 10.2. The van der Waals surface area contributed by atoms with E-state index in [1.54, 1.807) is 36.4 Å². The van der Waals surface area contributed by atoms with Gasteiger partial charge in [-0.3, -0.25) is 10.1 Å². The molecule has 0 unspecified atom stereocenters. The number of thiophene rings is 1. The zero-order valence-corrected chi connectivity index (χ0v) is 18.9. The molecule has 0 bridgehead atoms. The van der Waals surface area contributed by atoms with Crippen molar-refractivity contribution in [2.24, 2.45) is 4.99 Å². The van der Waals surface area contributed by atoms with Crippen LogP contribution in [0.1, 0.15) is 17.3 Å². The molecule has 3 rings (SSSR count). The predicted molar refractivity (Wildman–Crippen MR) is 125 cm³/mol. The molecule has 0 saturated carbocycles. The van der Waals surface area contributed by atoms with Gasteiger partial charge < -0.3 is 9.64 Å². The fraction of sp³-hybridized carbons (Fsp3) is 0.182. The van der Waals surface area contributed by atoms with Crippen LogP contribution in [-0.2, 0) is 4.74 Å². The van der Waals surface area contributed by atoms with Crippen LogP contribution in [0, 0.1) is 10.1 Å². The Kier molecular flexibility index (Phi) is 7.43. The molecule has 0 aliphatic heterocycles. The second-order valence-corrected chi connectivity index (χ2v) is 8.88. The molecule has 31 heavy (non-hydrogen) atoms. The normalized spacial score (nSPS) is 10.9. The number of nitro groups is 1. The van der Waals surface area contributed by atoms with Crippen molar-refractivity contribution in [1.82, 2.24) is 4.90 Å². The summed E-state index contributed by atoms with van der Waals surface area (Å²) in [4.78, 5) is 30.8. The lowest BCUT2D eigenvalue weighted by Crippen LogP contribution is -2.08. The molecular formula is C22H21N3O4S2. The van der Waals surface area contributed by atoms with E-state index in [4.69, 9.17) is 4.74 Å². The van der Waals surface area contributed by atoms with Crippen LogP contribution in [0.15, 0.2) is 68.7 Å². The molecule has 1 aromatic heterocycles. The highest BCUT2D eigenvalue weighted by Gasteiger charge is 2.27. The highest BCUT2D eigenvalue weighted by atomic mass is 32.2. The molecule has 2 aromatic carbocycles. The van der Waals surface area contributed by atoms with E-state index >= 15 is 0 Å². The summed E-state index contributed by atoms with van der Waals surface area (Å²) >= 11 is 2.56. The van der Waals surface area contributed by atoms with Gasteiger partial charge in [-0.05, 0) is 18.6 Å². The quantitative estimate of drug-likeness (QED) is 0.139. The number of para-hydroxylation sites is 1. The van der Waals surface area contributed by atoms with Crippen molar-refractivity contribution in [3.63, 3.8) is 0 Å². The number of carbonyl (C=O) groups is 1. The maximum absolute atomic E-state index is 12.9. The Bertz CT molecular complexity index is 1110. The molecule has 0 amide bonds. The SMILES string of the molecule is CCOC(=O)c1c(/N=C\N(C)C)sc(Sc2ccccc2[N+](=O)[O-])c1-c1ccccc1. The maximum Gasteiger partial charge on any atom is 0.341 e. The third kappa shape index (κ3) is 5.31. The second-order valence-electron chi connectivity index (χ2n) is 6.57. The van der Waals surface area contributed by atoms with Crippen molar-refractivity contribution in [2.75, 3.05) is 20.7 Å². The predicted octanol–water partition coefficient (Wildman–Crippen LogP) is 5.87. The number of nitrogens with zero attached hydrogens (tertiary/aromatic N) is 3. The Balaban J connectivity index is 2.24. The number of nitro benzene ring substituents is 1. The number of carbonyl (C=O) groups excluding carboxylic acids is 1. The van der Waals surface area contributed by atoms with Gasteiger partial charge in [0, 0.05) is 25.7 Å². The third-order valence-electron chi connectivity index (χ3n) is 4.07. The van der Waals surface area contributed by atoms with Gasteiger partial charge in [0.25, 0.3) is 5.69 Å². The van der Waals surface area contributed by atoms with E-state index in [9.17, 15) is 14.9 Å². The van der Waals surface area contributed by atoms with Gasteiger partial charge in [0.1, 0.15) is 10.6 Å². The van der Waals surface area contributed by atoms with E-state index in [0.717, 1.165) is 9.77 Å². The van der Waals surface area contributed by atoms with Crippen molar-refractivity contribution in [3.8, 4) is 11.1 Å². The third-order valence-corrected chi connectivity index (χ3v) is 6.42. The molecule has 0 radical (unpaired) electrons. The average Bonchev–Trinajstić information content (AvgIpc) is 3.11. The summed E-state index contributed by atoms with van der Waals surface area (Å²) in [6.07, 6.45) is 1.61. The first-order valence-corrected chi connectivity index (χ1v) is 11.1. The highest BCUT2D eigenvalue weighted by molar-refractivity contribution is 8.01. The topological polar surface area (TPSA) is 85.0 Å². The Labute approximate surface area is 188 Å². The summed E-state index contributed by atoms with van der Waals surface area (Å²) in [6, 6.07) is 16.0. The van der Waals surface area contributed by atoms with Crippen molar-refractivity contribution >= 4 is 46.1 Å². The van der Waals surface area contributed by atoms with Gasteiger partial charge in [-0.2, -0.15) is 0 Å². The molecular weight excluding hydrogens is 434 g/mol. The molecule has 0 N–H and O–H groups in total. The number of ether oxygens (including phenoxy) is 1. The van der Waals surface area contributed by atoms with E-state index in [-0.39, 0.29) is 12.3 Å². The first-order chi connectivity index (χ1) is 14.9. The molecule has 0 aliphatic rings. The molecule has 1 heterocycles. The zero-order valence-electron chi connectivity index (χ0n) is 17.3. The summed E-state index contributed by atoms with van der Waals surface area (Å²) < 4.78 is 6.06. The molecule has 0 atom stereocenters. The minimum Gasteiger partial charge on any atom is -0.462 e. The van der Waals surface area contributed by atoms with Crippen LogP contribution in [-0.4, -0.2) is 42.8 Å². The minimum absolute atomic E-state index is 0.0101. The number of benzene rings is 2. The van der Waals surface area contributed by atoms with Crippen LogP contribution in [0.3, 0.4) is 0 Å². The van der Waals surface area contributed by atoms with E-state index < -0.39 is 10.9 Å². The summed E-state index contributed by atoms with van der Waals surface area (Å²) in [5, 5.41) is 12.0. The standard InChI is InChI=1S/C22H21N3O4S2/c1-4-29-21(26)19-18(15-10-6-5-7-11-15)22(31-20(19)23-14-24(2)3)30-17-13-9-8-12-16(17)25(27)28/h5-14H,4H2,1-3H3/b23-14-. The van der Waals surface area contributed by atoms with Crippen molar-refractivity contribution in [3.05, 3.63) is 70.3 Å². The zero-order chi connectivity index (χ0) is 22.4. The molecule has 0 saturated heterocycles. The Morgan fingerprint density at radius 3 is 2.52 bits per heavy atom. The van der Waals surface area contributed by atoms with E-state index in [1.807, 2.05) is 44.4 Å². The van der Waals surface area contributed by atoms with Gasteiger partial charge in [0.15, 0.2) is 0 Å². The monoisotopic (exact) mass is 455 g/mol. The average molecular weight is 456 g/mol. The van der Waals surface area contributed by atoms with Crippen LogP contribution >= 0.6 is 23.1 Å². The Morgan fingerprint density at radius 2 is 1.87 bits per heavy atom. The smallest absolute Gasteiger partial charge is 0.341 e. The summed E-state index contributed by atoms with van der Waals surface area (Å²) in [5.74, 6) is -0.474. The van der Waals surface area contributed by atoms with Crippen LogP contribution in [0.2, 0.25) is 0 Å². The Hall–Kier alpha value is -3.17. The van der Waals surface area contributed by atoms with Gasteiger partial charge in [0.2, 0.25) is 0 Å². The van der Waals surface area contributed by atoms with E-state index in [0.29, 0.717) is 21.0 Å². The summed E-state index contributed by atoms with van der Waals surface area (Å²) in [7, 11) is 3.67. The highest BCUT2D eigenvalue weighted by Crippen LogP contribution is 2.50. The first-order valence-electron chi connectivity index (χ1n) is 9.43. The maximum atomic E-state index is 12.9. The van der Waals surface area contributed by atoms with Gasteiger partial charge >= 0.3 is 5.97 Å². The molecule has 0 aliphatic carbocycles. The van der Waals surface area contributed by atoms with Crippen LogP contribution < -0.4 is 0 Å². The van der Waals surface area contributed by atoms with Crippen molar-refractivity contribution in [2.45, 2.75) is 16.0 Å². The number of rotatable bonds is 8. The minimum atomic E-state index is -0.474. The van der Waals surface area contributed by atoms with Gasteiger partial charge in [0.05, 0.1) is 27.0 Å². The lowest BCUT2D eigenvalue weighted by molar-refractivity contribution is -0.387.